The minimum Gasteiger partial charge on any atom is -0.490 e. The number of ether oxygens (including phenoxy) is 2. The summed E-state index contributed by atoms with van der Waals surface area (Å²) < 4.78 is 11.5. The quantitative estimate of drug-likeness (QED) is 0.0394. The number of H-pyrrole nitrogens is 1. The number of likely N-dealkylation sites (tertiary alicyclic amines) is 1. The van der Waals surface area contributed by atoms with Crippen molar-refractivity contribution in [2.45, 2.75) is 95.6 Å². The lowest BCUT2D eigenvalue weighted by Gasteiger charge is -2.33. The number of aryl methyl sites for hydroxylation is 2. The van der Waals surface area contributed by atoms with Crippen molar-refractivity contribution in [3.05, 3.63) is 114 Å². The number of aromatic amines is 1. The van der Waals surface area contributed by atoms with Crippen LogP contribution in [0.5, 0.6) is 5.75 Å². The van der Waals surface area contributed by atoms with Crippen LogP contribution in [-0.2, 0) is 22.5 Å². The van der Waals surface area contributed by atoms with Gasteiger partial charge in [-0.25, -0.2) is 0 Å². The van der Waals surface area contributed by atoms with E-state index in [1.54, 1.807) is 6.08 Å². The van der Waals surface area contributed by atoms with Gasteiger partial charge in [-0.05, 0) is 105 Å². The zero-order valence-corrected chi connectivity index (χ0v) is 32.1. The third-order valence-corrected chi connectivity index (χ3v) is 10.9. The number of fused-ring (bicyclic) bond motifs is 1. The van der Waals surface area contributed by atoms with Crippen molar-refractivity contribution in [3.8, 4) is 5.75 Å². The first kappa shape index (κ1) is 40.2. The number of aliphatic hydroxyl groups is 3. The molecule has 2 aliphatic rings. The summed E-state index contributed by atoms with van der Waals surface area (Å²) in [5.74, 6) is 0.240. The van der Waals surface area contributed by atoms with E-state index in [4.69, 9.17) is 9.47 Å². The van der Waals surface area contributed by atoms with E-state index < -0.39 is 18.3 Å². The molecule has 6 atom stereocenters. The topological polar surface area (TPSA) is 140 Å². The van der Waals surface area contributed by atoms with Crippen molar-refractivity contribution in [3.63, 3.8) is 0 Å². The largest absolute Gasteiger partial charge is 0.490 e. The van der Waals surface area contributed by atoms with Crippen LogP contribution < -0.4 is 10.1 Å². The number of benzene rings is 3. The van der Waals surface area contributed by atoms with Crippen LogP contribution in [0.3, 0.4) is 0 Å². The van der Waals surface area contributed by atoms with Crippen LogP contribution in [0.15, 0.2) is 97.2 Å². The van der Waals surface area contributed by atoms with Crippen LogP contribution in [0.4, 0.5) is 5.69 Å². The number of nitrogens with zero attached hydrogens (tertiary/aromatic N) is 2. The summed E-state index contributed by atoms with van der Waals surface area (Å²) in [6.07, 6.45) is 14.0. The van der Waals surface area contributed by atoms with E-state index in [0.717, 1.165) is 73.2 Å². The van der Waals surface area contributed by atoms with E-state index in [9.17, 15) is 20.1 Å². The number of hydrogen-bond acceptors (Lipinski definition) is 9. The maximum Gasteiger partial charge on any atom is 0.305 e. The summed E-state index contributed by atoms with van der Waals surface area (Å²) in [6, 6.07) is 23.1. The van der Waals surface area contributed by atoms with Crippen LogP contribution in [0.2, 0.25) is 0 Å². The fraction of sp³-hybridized carbons (Fsp3) is 0.467. The number of aromatic nitrogens is 2. The first-order valence-corrected chi connectivity index (χ1v) is 20.0. The number of carbonyl (C=O) groups excluding carboxylic acids is 1. The summed E-state index contributed by atoms with van der Waals surface area (Å²) in [6.45, 7) is 5.39. The van der Waals surface area contributed by atoms with Crippen LogP contribution in [0, 0.1) is 18.8 Å². The molecule has 1 saturated carbocycles. The van der Waals surface area contributed by atoms with Gasteiger partial charge in [-0.3, -0.25) is 14.8 Å². The summed E-state index contributed by atoms with van der Waals surface area (Å²) in [4.78, 5) is 14.9. The molecule has 0 radical (unpaired) electrons. The van der Waals surface area contributed by atoms with Gasteiger partial charge < -0.3 is 30.1 Å². The van der Waals surface area contributed by atoms with Crippen LogP contribution in [0.25, 0.3) is 10.9 Å². The summed E-state index contributed by atoms with van der Waals surface area (Å²) in [5, 5.41) is 43.6. The number of nitrogens with one attached hydrogen (secondary N) is 2. The van der Waals surface area contributed by atoms with Crippen molar-refractivity contribution in [1.82, 2.24) is 15.1 Å². The summed E-state index contributed by atoms with van der Waals surface area (Å²) >= 11 is 0. The SMILES string of the molecule is Cc1ccc(CN2CCC[C@@H](Nc3ccc4[nH]ncc4c3)C2)cc1OCCOC(=O)CCCC=CC[C@@H]1[C@@H](C=C[C@@H](O)CCc2ccccc2)[C@H](O)C[C@@H]1O. The number of piperidine rings is 1. The Morgan fingerprint density at radius 2 is 1.93 bits per heavy atom. The van der Waals surface area contributed by atoms with Crippen molar-refractivity contribution >= 4 is 22.6 Å². The van der Waals surface area contributed by atoms with Crippen LogP contribution in [-0.4, -0.2) is 87.0 Å². The number of hydrogen-bond donors (Lipinski definition) is 5. The van der Waals surface area contributed by atoms with Crippen molar-refractivity contribution in [2.75, 3.05) is 31.6 Å². The van der Waals surface area contributed by atoms with Gasteiger partial charge in [-0.2, -0.15) is 5.10 Å². The Bertz CT molecular complexity index is 1840. The molecule has 2 fully saturated rings. The molecule has 0 bridgehead atoms. The Labute approximate surface area is 325 Å². The van der Waals surface area contributed by atoms with Gasteiger partial charge in [-0.15, -0.1) is 0 Å². The summed E-state index contributed by atoms with van der Waals surface area (Å²) in [7, 11) is 0. The molecule has 6 rings (SSSR count). The number of anilines is 1. The summed E-state index contributed by atoms with van der Waals surface area (Å²) in [5.41, 5.74) is 5.59. The number of esters is 1. The number of allylic oxidation sites excluding steroid dienone is 2. The molecule has 3 aromatic carbocycles. The fourth-order valence-electron chi connectivity index (χ4n) is 7.87. The van der Waals surface area contributed by atoms with E-state index >= 15 is 0 Å². The first-order valence-electron chi connectivity index (χ1n) is 20.0. The molecular formula is C45H58N4O6. The van der Waals surface area contributed by atoms with Gasteiger partial charge in [0.15, 0.2) is 0 Å². The molecule has 0 amide bonds. The van der Waals surface area contributed by atoms with E-state index in [1.807, 2.05) is 61.7 Å². The minimum absolute atomic E-state index is 0.118. The molecule has 1 aromatic heterocycles. The zero-order valence-electron chi connectivity index (χ0n) is 32.1. The number of unbranched alkanes of at least 4 members (excludes halogenated alkanes) is 1. The Balaban J connectivity index is 0.850. The number of rotatable bonds is 19. The van der Waals surface area contributed by atoms with Crippen molar-refractivity contribution in [1.29, 1.82) is 0 Å². The average Bonchev–Trinajstić information content (AvgIpc) is 3.76. The van der Waals surface area contributed by atoms with Crippen molar-refractivity contribution in [2.24, 2.45) is 11.8 Å². The highest BCUT2D eigenvalue weighted by molar-refractivity contribution is 5.81. The van der Waals surface area contributed by atoms with Gasteiger partial charge in [0.1, 0.15) is 19.0 Å². The van der Waals surface area contributed by atoms with Gasteiger partial charge in [-0.1, -0.05) is 66.8 Å². The lowest BCUT2D eigenvalue weighted by Crippen LogP contribution is -2.41. The zero-order chi connectivity index (χ0) is 38.4. The van der Waals surface area contributed by atoms with Gasteiger partial charge in [0.2, 0.25) is 0 Å². The molecule has 5 N–H and O–H groups in total. The monoisotopic (exact) mass is 750 g/mol. The third-order valence-electron chi connectivity index (χ3n) is 10.9. The Morgan fingerprint density at radius 1 is 1.05 bits per heavy atom. The highest BCUT2D eigenvalue weighted by Crippen LogP contribution is 2.36. The van der Waals surface area contributed by atoms with Crippen LogP contribution in [0.1, 0.15) is 68.1 Å². The smallest absolute Gasteiger partial charge is 0.305 e. The molecule has 0 unspecified atom stereocenters. The molecule has 10 nitrogen and oxygen atoms in total. The lowest BCUT2D eigenvalue weighted by atomic mass is 9.89. The molecule has 1 aliphatic heterocycles. The predicted molar refractivity (Wildman–Crippen MR) is 217 cm³/mol. The Hall–Kier alpha value is -4.48. The van der Waals surface area contributed by atoms with Crippen LogP contribution >= 0.6 is 0 Å². The molecule has 1 saturated heterocycles. The molecule has 0 spiro atoms. The molecule has 294 valence electrons. The molecule has 10 heteroatoms. The minimum atomic E-state index is -0.635. The number of aliphatic hydroxyl groups excluding tert-OH is 3. The second-order valence-electron chi connectivity index (χ2n) is 15.2. The van der Waals surface area contributed by atoms with Gasteiger partial charge >= 0.3 is 5.97 Å². The Morgan fingerprint density at radius 3 is 2.80 bits per heavy atom. The number of carbonyl (C=O) groups is 1. The van der Waals surface area contributed by atoms with E-state index in [-0.39, 0.29) is 24.4 Å². The molecule has 2 heterocycles. The first-order chi connectivity index (χ1) is 26.8. The third kappa shape index (κ3) is 12.3. The fourth-order valence-corrected chi connectivity index (χ4v) is 7.87. The highest BCUT2D eigenvalue weighted by Gasteiger charge is 2.39. The molecule has 4 aromatic rings. The second-order valence-corrected chi connectivity index (χ2v) is 15.2. The van der Waals surface area contributed by atoms with E-state index in [1.165, 1.54) is 11.1 Å². The van der Waals surface area contributed by atoms with E-state index in [2.05, 4.69) is 56.8 Å². The lowest BCUT2D eigenvalue weighted by molar-refractivity contribution is -0.144. The van der Waals surface area contributed by atoms with E-state index in [0.29, 0.717) is 44.8 Å². The predicted octanol–water partition coefficient (Wildman–Crippen LogP) is 6.89. The van der Waals surface area contributed by atoms with Gasteiger partial charge in [0.25, 0.3) is 0 Å². The van der Waals surface area contributed by atoms with Crippen molar-refractivity contribution < 1.29 is 29.6 Å². The maximum atomic E-state index is 12.4. The second kappa shape index (κ2) is 20.4. The highest BCUT2D eigenvalue weighted by atomic mass is 16.6. The average molecular weight is 751 g/mol. The molecule has 1 aliphatic carbocycles. The van der Waals surface area contributed by atoms with Gasteiger partial charge in [0.05, 0.1) is 30.0 Å². The Kier molecular flexibility index (Phi) is 14.9. The van der Waals surface area contributed by atoms with Gasteiger partial charge in [0, 0.05) is 49.0 Å². The normalized spacial score (nSPS) is 22.4. The molecule has 55 heavy (non-hydrogen) atoms. The molecular weight excluding hydrogens is 693 g/mol. The standard InChI is InChI=1S/C45H58N4O6/c1-32-15-16-34(30-49-23-9-12-37(31-49)47-36-18-22-41-35(27-36)29-46-48-41)26-44(32)54-24-25-55-45(53)14-8-3-2-7-13-39-40(43(52)28-42(39)51)21-20-38(50)19-17-33-10-5-4-6-11-33/h2,4-7,10-11,15-16,18,20-22,26-27,29,37-40,42-43,47,50-52H,3,8-9,12-14,17,19,23-25,28,30-31H2,1H3,(H,46,48)/t37-,38+,39-,40-,42+,43-/m1/s1. The maximum absolute atomic E-state index is 12.4.